The van der Waals surface area contributed by atoms with E-state index in [0.717, 1.165) is 37.0 Å². The van der Waals surface area contributed by atoms with Crippen LogP contribution in [0.4, 0.5) is 0 Å². The summed E-state index contributed by atoms with van der Waals surface area (Å²) in [5, 5.41) is 0. The van der Waals surface area contributed by atoms with Crippen molar-refractivity contribution in [3.63, 3.8) is 0 Å². The zero-order valence-corrected chi connectivity index (χ0v) is 17.5. The Bertz CT molecular complexity index is 723. The van der Waals surface area contributed by atoms with E-state index in [9.17, 15) is 8.42 Å². The second kappa shape index (κ2) is 8.78. The van der Waals surface area contributed by atoms with Crippen molar-refractivity contribution >= 4 is 27.2 Å². The molecule has 1 heterocycles. The summed E-state index contributed by atoms with van der Waals surface area (Å²) in [5.74, 6) is -0.0364. The summed E-state index contributed by atoms with van der Waals surface area (Å²) in [4.78, 5) is 0.197. The lowest BCUT2D eigenvalue weighted by Gasteiger charge is -2.23. The quantitative estimate of drug-likeness (QED) is 0.372. The number of nitrogens with two attached hydrogens (primary N) is 1. The maximum absolute atomic E-state index is 12.9. The molecule has 0 amide bonds. The van der Waals surface area contributed by atoms with Crippen molar-refractivity contribution in [2.75, 3.05) is 19.7 Å². The topological polar surface area (TPSA) is 75.9 Å². The molecular weight excluding hydrogens is 368 g/mol. The molecule has 1 atom stereocenters. The minimum Gasteiger partial charge on any atom is -0.392 e. The van der Waals surface area contributed by atoms with Gasteiger partial charge in [-0.15, -0.1) is 0 Å². The van der Waals surface area contributed by atoms with Crippen LogP contribution in [0.15, 0.2) is 24.3 Å². The number of unbranched alkanes of at least 4 members (excludes halogenated alkanes) is 1. The molecule has 0 saturated carbocycles. The molecule has 2 rings (SSSR count). The van der Waals surface area contributed by atoms with Gasteiger partial charge in [0, 0.05) is 6.54 Å². The van der Waals surface area contributed by atoms with Crippen LogP contribution in [0.25, 0.3) is 0 Å². The molecule has 1 aliphatic heterocycles. The fourth-order valence-corrected chi connectivity index (χ4v) is 4.58. The average molecular weight is 399 g/mol. The zero-order chi connectivity index (χ0) is 19.4. The molecular formula is C19H30N2O3S2. The highest BCUT2D eigenvalue weighted by Gasteiger charge is 2.25. The first-order valence-electron chi connectivity index (χ1n) is 9.05. The number of epoxide rings is 1. The summed E-state index contributed by atoms with van der Waals surface area (Å²) in [6.07, 6.45) is 3.07. The van der Waals surface area contributed by atoms with Gasteiger partial charge in [-0.05, 0) is 35.8 Å². The van der Waals surface area contributed by atoms with E-state index in [1.54, 1.807) is 0 Å². The molecule has 1 aliphatic rings. The highest BCUT2D eigenvalue weighted by molar-refractivity contribution is 7.88. The van der Waals surface area contributed by atoms with Crippen LogP contribution in [0.2, 0.25) is 0 Å². The maximum Gasteiger partial charge on any atom is 0.218 e. The van der Waals surface area contributed by atoms with E-state index < -0.39 is 10.0 Å². The molecule has 0 aliphatic carbocycles. The molecule has 0 spiro atoms. The van der Waals surface area contributed by atoms with E-state index in [1.165, 1.54) is 4.31 Å². The largest absolute Gasteiger partial charge is 0.392 e. The van der Waals surface area contributed by atoms with Gasteiger partial charge in [0.15, 0.2) is 0 Å². The monoisotopic (exact) mass is 398 g/mol. The molecule has 1 unspecified atom stereocenters. The molecule has 1 aromatic rings. The first-order chi connectivity index (χ1) is 12.1. The molecule has 1 saturated heterocycles. The summed E-state index contributed by atoms with van der Waals surface area (Å²) in [6.45, 7) is 7.71. The molecule has 146 valence electrons. The van der Waals surface area contributed by atoms with Crippen LogP contribution in [-0.2, 0) is 25.9 Å². The standard InChI is InChI=1S/C19H30N2O3S2/c1-19(2,3)16-8-6-7-15(11-16)14-26(22,23)21(12-18(20)25)10-5-4-9-17-13-24-17/h6-8,11,17H,4-5,9-10,12-14H2,1-3H3,(H2,20,25). The molecule has 2 N–H and O–H groups in total. The van der Waals surface area contributed by atoms with Gasteiger partial charge in [0.25, 0.3) is 0 Å². The number of ether oxygens (including phenoxy) is 1. The molecule has 26 heavy (non-hydrogen) atoms. The molecule has 0 aromatic heterocycles. The Morgan fingerprint density at radius 3 is 2.62 bits per heavy atom. The third-order valence-corrected chi connectivity index (χ3v) is 6.38. The Kier molecular flexibility index (Phi) is 7.19. The van der Waals surface area contributed by atoms with Crippen molar-refractivity contribution in [2.24, 2.45) is 5.73 Å². The van der Waals surface area contributed by atoms with Gasteiger partial charge in [0.2, 0.25) is 10.0 Å². The second-order valence-electron chi connectivity index (χ2n) is 7.96. The van der Waals surface area contributed by atoms with Crippen LogP contribution in [0.1, 0.15) is 51.2 Å². The summed E-state index contributed by atoms with van der Waals surface area (Å²) < 4.78 is 32.5. The molecule has 5 nitrogen and oxygen atoms in total. The Morgan fingerprint density at radius 1 is 1.35 bits per heavy atom. The predicted molar refractivity (Wildman–Crippen MR) is 110 cm³/mol. The Labute approximate surface area is 163 Å². The maximum atomic E-state index is 12.9. The highest BCUT2D eigenvalue weighted by atomic mass is 32.2. The molecule has 1 fully saturated rings. The van der Waals surface area contributed by atoms with E-state index >= 15 is 0 Å². The average Bonchev–Trinajstić information content (AvgIpc) is 3.33. The van der Waals surface area contributed by atoms with Crippen LogP contribution in [0.5, 0.6) is 0 Å². The van der Waals surface area contributed by atoms with E-state index in [1.807, 2.05) is 24.3 Å². The Morgan fingerprint density at radius 2 is 2.04 bits per heavy atom. The van der Waals surface area contributed by atoms with Gasteiger partial charge >= 0.3 is 0 Å². The summed E-state index contributed by atoms with van der Waals surface area (Å²) >= 11 is 4.96. The fourth-order valence-electron chi connectivity index (χ4n) is 2.81. The number of thiocarbonyl (C=S) groups is 1. The van der Waals surface area contributed by atoms with Crippen molar-refractivity contribution in [1.82, 2.24) is 4.31 Å². The lowest BCUT2D eigenvalue weighted by Crippen LogP contribution is -2.39. The van der Waals surface area contributed by atoms with Crippen molar-refractivity contribution < 1.29 is 13.2 Å². The molecule has 1 aromatic carbocycles. The number of sulfonamides is 1. The van der Waals surface area contributed by atoms with E-state index in [4.69, 9.17) is 22.7 Å². The lowest BCUT2D eigenvalue weighted by molar-refractivity contribution is 0.379. The smallest absolute Gasteiger partial charge is 0.218 e. The third-order valence-electron chi connectivity index (χ3n) is 4.45. The van der Waals surface area contributed by atoms with E-state index in [0.29, 0.717) is 12.6 Å². The van der Waals surface area contributed by atoms with Crippen LogP contribution >= 0.6 is 12.2 Å². The van der Waals surface area contributed by atoms with Gasteiger partial charge < -0.3 is 10.5 Å². The zero-order valence-electron chi connectivity index (χ0n) is 15.9. The minimum atomic E-state index is -3.48. The number of hydrogen-bond acceptors (Lipinski definition) is 4. The van der Waals surface area contributed by atoms with Crippen molar-refractivity contribution in [3.8, 4) is 0 Å². The fraction of sp³-hybridized carbons (Fsp3) is 0.632. The van der Waals surface area contributed by atoms with Gasteiger partial charge in [0.1, 0.15) is 0 Å². The minimum absolute atomic E-state index is 0.0246. The van der Waals surface area contributed by atoms with Crippen molar-refractivity contribution in [3.05, 3.63) is 35.4 Å². The summed E-state index contributed by atoms with van der Waals surface area (Å²) in [7, 11) is -3.48. The van der Waals surface area contributed by atoms with Crippen LogP contribution < -0.4 is 5.73 Å². The number of benzene rings is 1. The summed E-state index contributed by atoms with van der Waals surface area (Å²) in [5.41, 5.74) is 7.52. The van der Waals surface area contributed by atoms with Gasteiger partial charge in [-0.2, -0.15) is 4.31 Å². The Hall–Kier alpha value is -1.02. The van der Waals surface area contributed by atoms with Crippen molar-refractivity contribution in [2.45, 2.75) is 57.3 Å². The van der Waals surface area contributed by atoms with Gasteiger partial charge in [-0.3, -0.25) is 0 Å². The van der Waals surface area contributed by atoms with Crippen LogP contribution in [0, 0.1) is 0 Å². The normalized spacial score (nSPS) is 17.5. The molecule has 7 heteroatoms. The Balaban J connectivity index is 2.05. The first-order valence-corrected chi connectivity index (χ1v) is 11.1. The van der Waals surface area contributed by atoms with Gasteiger partial charge in [-0.25, -0.2) is 8.42 Å². The van der Waals surface area contributed by atoms with Crippen LogP contribution in [-0.4, -0.2) is 43.5 Å². The molecule has 0 bridgehead atoms. The summed E-state index contributed by atoms with van der Waals surface area (Å²) in [6, 6.07) is 7.78. The van der Waals surface area contributed by atoms with Gasteiger partial charge in [-0.1, -0.05) is 57.3 Å². The number of hydrogen-bond donors (Lipinski definition) is 1. The van der Waals surface area contributed by atoms with E-state index in [-0.39, 0.29) is 22.7 Å². The lowest BCUT2D eigenvalue weighted by atomic mass is 9.86. The molecule has 0 radical (unpaired) electrons. The second-order valence-corrected chi connectivity index (χ2v) is 10.5. The third kappa shape index (κ3) is 6.95. The predicted octanol–water partition coefficient (Wildman–Crippen LogP) is 2.97. The number of rotatable bonds is 10. The first kappa shape index (κ1) is 21.3. The van der Waals surface area contributed by atoms with Crippen LogP contribution in [0.3, 0.4) is 0 Å². The highest BCUT2D eigenvalue weighted by Crippen LogP contribution is 2.24. The number of nitrogens with zero attached hydrogens (tertiary/aromatic N) is 1. The van der Waals surface area contributed by atoms with Crippen molar-refractivity contribution in [1.29, 1.82) is 0 Å². The van der Waals surface area contributed by atoms with Gasteiger partial charge in [0.05, 0.1) is 30.0 Å². The SMILES string of the molecule is CC(C)(C)c1cccc(CS(=O)(=O)N(CCCCC2CO2)CC(N)=S)c1. The van der Waals surface area contributed by atoms with E-state index in [2.05, 4.69) is 20.8 Å².